The molecular formula is C16H28N2O2. The fraction of sp³-hybridized carbons (Fsp3) is 0.625. The van der Waals surface area contributed by atoms with Gasteiger partial charge in [0.25, 0.3) is 0 Å². The van der Waals surface area contributed by atoms with Gasteiger partial charge in [-0.3, -0.25) is 0 Å². The lowest BCUT2D eigenvalue weighted by molar-refractivity contribution is 0.248. The quantitative estimate of drug-likeness (QED) is 0.692. The largest absolute Gasteiger partial charge is 0.493 e. The number of rotatable bonds is 9. The molecule has 4 nitrogen and oxygen atoms in total. The van der Waals surface area contributed by atoms with Gasteiger partial charge in [0.15, 0.2) is 11.5 Å². The first-order chi connectivity index (χ1) is 9.54. The second kappa shape index (κ2) is 8.82. The number of hydrogen-bond acceptors (Lipinski definition) is 4. The van der Waals surface area contributed by atoms with Crippen LogP contribution in [0.15, 0.2) is 18.2 Å². The van der Waals surface area contributed by atoms with E-state index in [-0.39, 0.29) is 0 Å². The molecule has 0 spiro atoms. The minimum Gasteiger partial charge on any atom is -0.493 e. The molecule has 1 aromatic rings. The van der Waals surface area contributed by atoms with Crippen molar-refractivity contribution in [2.24, 2.45) is 0 Å². The van der Waals surface area contributed by atoms with Crippen molar-refractivity contribution in [3.63, 3.8) is 0 Å². The van der Waals surface area contributed by atoms with Gasteiger partial charge in [-0.1, -0.05) is 12.1 Å². The van der Waals surface area contributed by atoms with Crippen LogP contribution in [0.4, 0.5) is 0 Å². The molecule has 20 heavy (non-hydrogen) atoms. The number of nitrogens with zero attached hydrogens (tertiary/aromatic N) is 2. The maximum Gasteiger partial charge on any atom is 0.164 e. The second-order valence-corrected chi connectivity index (χ2v) is 5.51. The van der Waals surface area contributed by atoms with Crippen LogP contribution < -0.4 is 9.47 Å². The SMILES string of the molecule is COc1cccc(CCCN(C)C)c1OCCN(C)C. The Hall–Kier alpha value is -1.26. The molecule has 0 saturated carbocycles. The predicted molar refractivity (Wildman–Crippen MR) is 83.9 cm³/mol. The average Bonchev–Trinajstić information content (AvgIpc) is 2.39. The Bertz CT molecular complexity index is 392. The van der Waals surface area contributed by atoms with Gasteiger partial charge in [-0.25, -0.2) is 0 Å². The van der Waals surface area contributed by atoms with E-state index in [1.54, 1.807) is 7.11 Å². The molecule has 0 N–H and O–H groups in total. The zero-order valence-corrected chi connectivity index (χ0v) is 13.5. The Morgan fingerprint density at radius 3 is 2.30 bits per heavy atom. The number of benzene rings is 1. The van der Waals surface area contributed by atoms with E-state index >= 15 is 0 Å². The van der Waals surface area contributed by atoms with Crippen molar-refractivity contribution >= 4 is 0 Å². The van der Waals surface area contributed by atoms with Gasteiger partial charge in [0.05, 0.1) is 7.11 Å². The summed E-state index contributed by atoms with van der Waals surface area (Å²) in [4.78, 5) is 4.31. The van der Waals surface area contributed by atoms with Crippen LogP contribution in [0.2, 0.25) is 0 Å². The van der Waals surface area contributed by atoms with Gasteiger partial charge < -0.3 is 19.3 Å². The van der Waals surface area contributed by atoms with E-state index < -0.39 is 0 Å². The number of hydrogen-bond donors (Lipinski definition) is 0. The zero-order valence-electron chi connectivity index (χ0n) is 13.5. The van der Waals surface area contributed by atoms with E-state index in [0.29, 0.717) is 6.61 Å². The Kier molecular flexibility index (Phi) is 7.41. The summed E-state index contributed by atoms with van der Waals surface area (Å²) < 4.78 is 11.4. The molecule has 0 saturated heterocycles. The molecule has 0 aliphatic carbocycles. The van der Waals surface area contributed by atoms with Crippen LogP contribution in [0.25, 0.3) is 0 Å². The monoisotopic (exact) mass is 280 g/mol. The summed E-state index contributed by atoms with van der Waals surface area (Å²) in [6, 6.07) is 6.12. The summed E-state index contributed by atoms with van der Waals surface area (Å²) in [5.41, 5.74) is 1.23. The van der Waals surface area contributed by atoms with Gasteiger partial charge >= 0.3 is 0 Å². The Balaban J connectivity index is 2.70. The summed E-state index contributed by atoms with van der Waals surface area (Å²) in [5, 5.41) is 0. The fourth-order valence-electron chi connectivity index (χ4n) is 2.00. The molecular weight excluding hydrogens is 252 g/mol. The summed E-state index contributed by atoms with van der Waals surface area (Å²) in [6.45, 7) is 2.65. The summed E-state index contributed by atoms with van der Waals surface area (Å²) in [6.07, 6.45) is 2.12. The normalized spacial score (nSPS) is 11.2. The first-order valence-corrected chi connectivity index (χ1v) is 7.12. The second-order valence-electron chi connectivity index (χ2n) is 5.51. The first kappa shape index (κ1) is 16.8. The fourth-order valence-corrected chi connectivity index (χ4v) is 2.00. The average molecular weight is 280 g/mol. The molecule has 0 aromatic heterocycles. The highest BCUT2D eigenvalue weighted by Gasteiger charge is 2.10. The molecule has 114 valence electrons. The Morgan fingerprint density at radius 2 is 1.70 bits per heavy atom. The third-order valence-corrected chi connectivity index (χ3v) is 3.12. The van der Waals surface area contributed by atoms with E-state index in [9.17, 15) is 0 Å². The summed E-state index contributed by atoms with van der Waals surface area (Å²) >= 11 is 0. The van der Waals surface area contributed by atoms with Crippen molar-refractivity contribution in [2.45, 2.75) is 12.8 Å². The zero-order chi connectivity index (χ0) is 15.0. The standard InChI is InChI=1S/C16H28N2O2/c1-17(2)11-7-9-14-8-6-10-15(19-5)16(14)20-13-12-18(3)4/h6,8,10H,7,9,11-13H2,1-5H3. The number of aryl methyl sites for hydroxylation is 1. The van der Waals surface area contributed by atoms with E-state index in [4.69, 9.17) is 9.47 Å². The lowest BCUT2D eigenvalue weighted by atomic mass is 10.1. The Labute approximate surface area is 123 Å². The van der Waals surface area contributed by atoms with E-state index in [0.717, 1.165) is 37.4 Å². The summed E-state index contributed by atoms with van der Waals surface area (Å²) in [7, 11) is 9.98. The number of para-hydroxylation sites is 1. The topological polar surface area (TPSA) is 24.9 Å². The number of ether oxygens (including phenoxy) is 2. The lowest BCUT2D eigenvalue weighted by Crippen LogP contribution is -2.20. The highest BCUT2D eigenvalue weighted by molar-refractivity contribution is 5.46. The van der Waals surface area contributed by atoms with Crippen LogP contribution in [0.5, 0.6) is 11.5 Å². The van der Waals surface area contributed by atoms with Gasteiger partial charge in [-0.2, -0.15) is 0 Å². The van der Waals surface area contributed by atoms with Crippen LogP contribution in [0.3, 0.4) is 0 Å². The molecule has 0 bridgehead atoms. The molecule has 0 unspecified atom stereocenters. The molecule has 0 fully saturated rings. The van der Waals surface area contributed by atoms with Gasteiger partial charge in [-0.15, -0.1) is 0 Å². The minimum atomic E-state index is 0.675. The van der Waals surface area contributed by atoms with Crippen molar-refractivity contribution in [1.29, 1.82) is 0 Å². The van der Waals surface area contributed by atoms with Crippen molar-refractivity contribution in [3.8, 4) is 11.5 Å². The van der Waals surface area contributed by atoms with Crippen molar-refractivity contribution in [2.75, 3.05) is 55.0 Å². The summed E-state index contributed by atoms with van der Waals surface area (Å²) in [5.74, 6) is 1.72. The van der Waals surface area contributed by atoms with Crippen molar-refractivity contribution in [1.82, 2.24) is 9.80 Å². The first-order valence-electron chi connectivity index (χ1n) is 7.12. The molecule has 0 aliphatic heterocycles. The molecule has 0 heterocycles. The van der Waals surface area contributed by atoms with E-state index in [1.165, 1.54) is 5.56 Å². The highest BCUT2D eigenvalue weighted by atomic mass is 16.5. The van der Waals surface area contributed by atoms with Crippen LogP contribution >= 0.6 is 0 Å². The Morgan fingerprint density at radius 1 is 1.00 bits per heavy atom. The smallest absolute Gasteiger partial charge is 0.164 e. The van der Waals surface area contributed by atoms with Crippen molar-refractivity contribution < 1.29 is 9.47 Å². The van der Waals surface area contributed by atoms with E-state index in [2.05, 4.69) is 30.0 Å². The molecule has 0 radical (unpaired) electrons. The van der Waals surface area contributed by atoms with Crippen LogP contribution in [-0.4, -0.2) is 64.8 Å². The van der Waals surface area contributed by atoms with E-state index in [1.807, 2.05) is 26.2 Å². The van der Waals surface area contributed by atoms with Crippen LogP contribution in [0, 0.1) is 0 Å². The molecule has 4 heteroatoms. The van der Waals surface area contributed by atoms with Gasteiger partial charge in [0, 0.05) is 6.54 Å². The molecule has 0 atom stereocenters. The minimum absolute atomic E-state index is 0.675. The van der Waals surface area contributed by atoms with Crippen LogP contribution in [0.1, 0.15) is 12.0 Å². The van der Waals surface area contributed by atoms with Gasteiger partial charge in [0.1, 0.15) is 6.61 Å². The molecule has 1 rings (SSSR count). The van der Waals surface area contributed by atoms with Crippen LogP contribution in [-0.2, 0) is 6.42 Å². The lowest BCUT2D eigenvalue weighted by Gasteiger charge is -2.17. The third-order valence-electron chi connectivity index (χ3n) is 3.12. The number of methoxy groups -OCH3 is 1. The third kappa shape index (κ3) is 5.80. The maximum atomic E-state index is 5.95. The highest BCUT2D eigenvalue weighted by Crippen LogP contribution is 2.31. The van der Waals surface area contributed by atoms with Gasteiger partial charge in [-0.05, 0) is 59.2 Å². The number of likely N-dealkylation sites (N-methyl/N-ethyl adjacent to an activating group) is 1. The molecule has 1 aromatic carbocycles. The van der Waals surface area contributed by atoms with Gasteiger partial charge in [0.2, 0.25) is 0 Å². The molecule has 0 aliphatic rings. The molecule has 0 amide bonds. The van der Waals surface area contributed by atoms with Crippen molar-refractivity contribution in [3.05, 3.63) is 23.8 Å². The maximum absolute atomic E-state index is 5.95. The predicted octanol–water partition coefficient (Wildman–Crippen LogP) is 2.13.